The standard InChI is InChI=1S/C17H26FN3O2/c1-23-12-4-7-19-17(22)14-21-10-8-20(9-11-21)13-15-5-2-3-6-16(15)18/h2-3,5-6H,4,7-14H2,1H3,(H,19,22). The summed E-state index contributed by atoms with van der Waals surface area (Å²) in [4.78, 5) is 16.2. The molecular formula is C17H26FN3O2. The van der Waals surface area contributed by atoms with Gasteiger partial charge in [-0.2, -0.15) is 0 Å². The molecule has 0 aliphatic carbocycles. The largest absolute Gasteiger partial charge is 0.385 e. The molecule has 0 spiro atoms. The SMILES string of the molecule is COCCCNC(=O)CN1CCN(Cc2ccccc2F)CC1. The minimum Gasteiger partial charge on any atom is -0.385 e. The summed E-state index contributed by atoms with van der Waals surface area (Å²) in [6.07, 6.45) is 0.832. The van der Waals surface area contributed by atoms with Crippen molar-refractivity contribution in [2.45, 2.75) is 13.0 Å². The lowest BCUT2D eigenvalue weighted by molar-refractivity contribution is -0.122. The van der Waals surface area contributed by atoms with E-state index in [9.17, 15) is 9.18 Å². The molecule has 1 aliphatic heterocycles. The minimum atomic E-state index is -0.148. The van der Waals surface area contributed by atoms with Crippen LogP contribution in [0.2, 0.25) is 0 Å². The number of nitrogens with zero attached hydrogens (tertiary/aromatic N) is 2. The maximum absolute atomic E-state index is 13.7. The molecule has 0 atom stereocenters. The second-order valence-corrected chi connectivity index (χ2v) is 5.84. The summed E-state index contributed by atoms with van der Waals surface area (Å²) >= 11 is 0. The molecule has 0 unspecified atom stereocenters. The number of hydrogen-bond acceptors (Lipinski definition) is 4. The van der Waals surface area contributed by atoms with Crippen LogP contribution in [0, 0.1) is 5.82 Å². The Morgan fingerprint density at radius 2 is 1.91 bits per heavy atom. The number of halogens is 1. The van der Waals surface area contributed by atoms with E-state index >= 15 is 0 Å². The van der Waals surface area contributed by atoms with Crippen LogP contribution in [0.3, 0.4) is 0 Å². The van der Waals surface area contributed by atoms with Gasteiger partial charge in [0.25, 0.3) is 0 Å². The number of benzene rings is 1. The fourth-order valence-electron chi connectivity index (χ4n) is 2.68. The van der Waals surface area contributed by atoms with Gasteiger partial charge >= 0.3 is 0 Å². The summed E-state index contributed by atoms with van der Waals surface area (Å²) in [5.74, 6) is -0.0889. The Morgan fingerprint density at radius 1 is 1.22 bits per heavy atom. The Morgan fingerprint density at radius 3 is 2.61 bits per heavy atom. The van der Waals surface area contributed by atoms with Crippen molar-refractivity contribution in [2.75, 3.05) is 53.0 Å². The van der Waals surface area contributed by atoms with Crippen LogP contribution >= 0.6 is 0 Å². The lowest BCUT2D eigenvalue weighted by Crippen LogP contribution is -2.49. The molecule has 1 heterocycles. The molecule has 0 radical (unpaired) electrons. The molecule has 1 N–H and O–H groups in total. The van der Waals surface area contributed by atoms with E-state index in [1.807, 2.05) is 12.1 Å². The third-order valence-corrected chi connectivity index (χ3v) is 4.03. The van der Waals surface area contributed by atoms with Crippen LogP contribution in [0.5, 0.6) is 0 Å². The Hall–Kier alpha value is -1.50. The van der Waals surface area contributed by atoms with E-state index in [1.54, 1.807) is 13.2 Å². The minimum absolute atomic E-state index is 0.0589. The number of hydrogen-bond donors (Lipinski definition) is 1. The highest BCUT2D eigenvalue weighted by atomic mass is 19.1. The zero-order chi connectivity index (χ0) is 16.5. The third-order valence-electron chi connectivity index (χ3n) is 4.03. The van der Waals surface area contributed by atoms with Crippen LogP contribution in [-0.4, -0.2) is 68.7 Å². The molecule has 2 rings (SSSR count). The van der Waals surface area contributed by atoms with Gasteiger partial charge in [-0.1, -0.05) is 18.2 Å². The van der Waals surface area contributed by atoms with Gasteiger partial charge in [-0.25, -0.2) is 4.39 Å². The maximum atomic E-state index is 13.7. The van der Waals surface area contributed by atoms with Crippen LogP contribution in [0.4, 0.5) is 4.39 Å². The van der Waals surface area contributed by atoms with Gasteiger partial charge in [0.2, 0.25) is 5.91 Å². The fraction of sp³-hybridized carbons (Fsp3) is 0.588. The number of piperazine rings is 1. The third kappa shape index (κ3) is 6.25. The van der Waals surface area contributed by atoms with E-state index in [1.165, 1.54) is 6.07 Å². The number of ether oxygens (including phenoxy) is 1. The van der Waals surface area contributed by atoms with Crippen LogP contribution in [-0.2, 0) is 16.1 Å². The normalized spacial score (nSPS) is 16.4. The van der Waals surface area contributed by atoms with E-state index < -0.39 is 0 Å². The van der Waals surface area contributed by atoms with Gasteiger partial charge in [0, 0.05) is 58.5 Å². The van der Waals surface area contributed by atoms with E-state index in [2.05, 4.69) is 15.1 Å². The summed E-state index contributed by atoms with van der Waals surface area (Å²) in [5.41, 5.74) is 0.733. The highest BCUT2D eigenvalue weighted by Gasteiger charge is 2.19. The molecule has 0 bridgehead atoms. The number of rotatable bonds is 8. The van der Waals surface area contributed by atoms with Crippen molar-refractivity contribution in [3.8, 4) is 0 Å². The Kier molecular flexibility index (Phi) is 7.45. The molecule has 0 saturated carbocycles. The summed E-state index contributed by atoms with van der Waals surface area (Å²) in [6, 6.07) is 6.90. The molecule has 1 fully saturated rings. The zero-order valence-electron chi connectivity index (χ0n) is 13.8. The topological polar surface area (TPSA) is 44.8 Å². The van der Waals surface area contributed by atoms with E-state index in [-0.39, 0.29) is 11.7 Å². The van der Waals surface area contributed by atoms with Gasteiger partial charge in [0.05, 0.1) is 6.54 Å². The predicted molar refractivity (Wildman–Crippen MR) is 87.6 cm³/mol. The number of methoxy groups -OCH3 is 1. The quantitative estimate of drug-likeness (QED) is 0.728. The number of carbonyl (C=O) groups is 1. The molecule has 23 heavy (non-hydrogen) atoms. The molecule has 0 aromatic heterocycles. The first-order chi connectivity index (χ1) is 11.2. The van der Waals surface area contributed by atoms with E-state index in [4.69, 9.17) is 4.74 Å². The van der Waals surface area contributed by atoms with E-state index in [0.29, 0.717) is 26.2 Å². The molecule has 6 heteroatoms. The molecule has 1 amide bonds. The molecule has 1 aromatic carbocycles. The van der Waals surface area contributed by atoms with Crippen molar-refractivity contribution in [1.82, 2.24) is 15.1 Å². The Labute approximate surface area is 137 Å². The maximum Gasteiger partial charge on any atom is 0.234 e. The molecular weight excluding hydrogens is 297 g/mol. The molecule has 1 aliphatic rings. The van der Waals surface area contributed by atoms with Crippen molar-refractivity contribution in [2.24, 2.45) is 0 Å². The molecule has 1 aromatic rings. The summed E-state index contributed by atoms with van der Waals surface area (Å²) < 4.78 is 18.6. The highest BCUT2D eigenvalue weighted by molar-refractivity contribution is 5.77. The van der Waals surface area contributed by atoms with Crippen molar-refractivity contribution in [3.63, 3.8) is 0 Å². The first-order valence-electron chi connectivity index (χ1n) is 8.13. The van der Waals surface area contributed by atoms with Gasteiger partial charge in [0.1, 0.15) is 5.82 Å². The Balaban J connectivity index is 1.66. The number of nitrogens with one attached hydrogen (secondary N) is 1. The number of amides is 1. The lowest BCUT2D eigenvalue weighted by Gasteiger charge is -2.34. The fourth-order valence-corrected chi connectivity index (χ4v) is 2.68. The van der Waals surface area contributed by atoms with Gasteiger partial charge in [0.15, 0.2) is 0 Å². The molecule has 128 valence electrons. The first kappa shape index (κ1) is 17.8. The summed E-state index contributed by atoms with van der Waals surface area (Å²) in [5, 5.41) is 2.90. The van der Waals surface area contributed by atoms with Crippen LogP contribution in [0.15, 0.2) is 24.3 Å². The lowest BCUT2D eigenvalue weighted by atomic mass is 10.2. The van der Waals surface area contributed by atoms with Crippen molar-refractivity contribution >= 4 is 5.91 Å². The second kappa shape index (κ2) is 9.60. The smallest absolute Gasteiger partial charge is 0.234 e. The van der Waals surface area contributed by atoms with Crippen LogP contribution < -0.4 is 5.32 Å². The zero-order valence-corrected chi connectivity index (χ0v) is 13.8. The van der Waals surface area contributed by atoms with Crippen LogP contribution in [0.25, 0.3) is 0 Å². The van der Waals surface area contributed by atoms with Crippen molar-refractivity contribution in [1.29, 1.82) is 0 Å². The van der Waals surface area contributed by atoms with Gasteiger partial charge in [-0.3, -0.25) is 14.6 Å². The summed E-state index contributed by atoms with van der Waals surface area (Å²) in [7, 11) is 1.66. The van der Waals surface area contributed by atoms with E-state index in [0.717, 1.165) is 38.2 Å². The van der Waals surface area contributed by atoms with Crippen molar-refractivity contribution < 1.29 is 13.9 Å². The second-order valence-electron chi connectivity index (χ2n) is 5.84. The molecule has 1 saturated heterocycles. The van der Waals surface area contributed by atoms with Crippen molar-refractivity contribution in [3.05, 3.63) is 35.6 Å². The molecule has 5 nitrogen and oxygen atoms in total. The predicted octanol–water partition coefficient (Wildman–Crippen LogP) is 1.10. The van der Waals surface area contributed by atoms with Crippen LogP contribution in [0.1, 0.15) is 12.0 Å². The Bertz CT molecular complexity index is 490. The number of carbonyl (C=O) groups excluding carboxylic acids is 1. The average molecular weight is 323 g/mol. The highest BCUT2D eigenvalue weighted by Crippen LogP contribution is 2.11. The van der Waals surface area contributed by atoms with Gasteiger partial charge in [-0.15, -0.1) is 0 Å². The summed E-state index contributed by atoms with van der Waals surface area (Å²) in [6.45, 7) is 5.75. The average Bonchev–Trinajstić information content (AvgIpc) is 2.55. The van der Waals surface area contributed by atoms with Gasteiger partial charge in [-0.05, 0) is 12.5 Å². The van der Waals surface area contributed by atoms with Gasteiger partial charge < -0.3 is 10.1 Å². The first-order valence-corrected chi connectivity index (χ1v) is 8.13. The monoisotopic (exact) mass is 323 g/mol.